The fourth-order valence-electron chi connectivity index (χ4n) is 3.51. The van der Waals surface area contributed by atoms with E-state index in [1.165, 1.54) is 5.56 Å². The van der Waals surface area contributed by atoms with Crippen LogP contribution in [0.25, 0.3) is 6.08 Å². The number of methoxy groups -OCH3 is 2. The van der Waals surface area contributed by atoms with E-state index in [0.29, 0.717) is 17.1 Å². The Morgan fingerprint density at radius 3 is 2.46 bits per heavy atom. The lowest BCUT2D eigenvalue weighted by Gasteiger charge is -2.16. The number of rotatable bonds is 4. The van der Waals surface area contributed by atoms with Crippen LogP contribution in [-0.4, -0.2) is 36.7 Å². The van der Waals surface area contributed by atoms with Gasteiger partial charge in [-0.3, -0.25) is 0 Å². The zero-order chi connectivity index (χ0) is 19.1. The van der Waals surface area contributed by atoms with Crippen molar-refractivity contribution < 1.29 is 19.2 Å². The number of halogens is 1. The predicted octanol–water partition coefficient (Wildman–Crippen LogP) is 4.78. The smallest absolute Gasteiger partial charge is 0.209 e. The molecule has 0 amide bonds. The largest absolute Gasteiger partial charge is 0.507 e. The number of hydrogen-bond acceptors (Lipinski definition) is 3. The molecule has 1 aliphatic heterocycles. The average Bonchev–Trinajstić information content (AvgIpc) is 2.79. The van der Waals surface area contributed by atoms with Gasteiger partial charge >= 0.3 is 0 Å². The van der Waals surface area contributed by atoms with Crippen molar-refractivity contribution in [2.45, 2.75) is 19.3 Å². The molecule has 0 saturated carbocycles. The molecule has 1 aliphatic rings. The summed E-state index contributed by atoms with van der Waals surface area (Å²) in [5.41, 5.74) is 3.81. The standard InChI is InChI=1S/C21H22ClNO3/c1-21(2)16-10-13(22)6-8-17(16)23(3)20(21)9-7-15-18(24)11-14(25-4)12-19(15)26-5/h6-12H,1-5H3/p+1. The molecule has 0 fully saturated rings. The third-order valence-corrected chi connectivity index (χ3v) is 5.19. The first-order valence-electron chi connectivity index (χ1n) is 8.34. The van der Waals surface area contributed by atoms with Crippen LogP contribution in [0.1, 0.15) is 25.0 Å². The van der Waals surface area contributed by atoms with E-state index in [0.717, 1.165) is 16.4 Å². The minimum Gasteiger partial charge on any atom is -0.507 e. The summed E-state index contributed by atoms with van der Waals surface area (Å²) in [6.45, 7) is 4.33. The molecule has 26 heavy (non-hydrogen) atoms. The minimum absolute atomic E-state index is 0.108. The first-order chi connectivity index (χ1) is 12.3. The maximum Gasteiger partial charge on any atom is 0.209 e. The summed E-state index contributed by atoms with van der Waals surface area (Å²) in [5, 5.41) is 11.1. The Kier molecular flexibility index (Phi) is 4.72. The molecule has 2 aromatic rings. The molecular formula is C21H23ClNO3+. The summed E-state index contributed by atoms with van der Waals surface area (Å²) < 4.78 is 12.7. The first-order valence-corrected chi connectivity index (χ1v) is 8.71. The van der Waals surface area contributed by atoms with E-state index in [9.17, 15) is 5.11 Å². The highest BCUT2D eigenvalue weighted by Crippen LogP contribution is 2.41. The number of ether oxygens (including phenoxy) is 2. The van der Waals surface area contributed by atoms with Crippen LogP contribution in [-0.2, 0) is 5.41 Å². The van der Waals surface area contributed by atoms with Gasteiger partial charge in [-0.2, -0.15) is 4.58 Å². The van der Waals surface area contributed by atoms with Crippen LogP contribution in [0.2, 0.25) is 5.02 Å². The molecule has 0 saturated heterocycles. The Hall–Kier alpha value is -2.46. The van der Waals surface area contributed by atoms with Gasteiger partial charge in [-0.05, 0) is 32.1 Å². The zero-order valence-electron chi connectivity index (χ0n) is 15.6. The SMILES string of the molecule is COc1cc(O)c(/C=C/C2=[N+](C)c3ccc(Cl)cc3C2(C)C)c(OC)c1. The van der Waals surface area contributed by atoms with Gasteiger partial charge in [0.05, 0.1) is 25.2 Å². The van der Waals surface area contributed by atoms with Crippen molar-refractivity contribution in [1.82, 2.24) is 0 Å². The summed E-state index contributed by atoms with van der Waals surface area (Å²) >= 11 is 6.20. The van der Waals surface area contributed by atoms with Gasteiger partial charge in [-0.15, -0.1) is 0 Å². The second-order valence-electron chi connectivity index (χ2n) is 6.83. The molecule has 0 aliphatic carbocycles. The van der Waals surface area contributed by atoms with E-state index in [-0.39, 0.29) is 11.2 Å². The van der Waals surface area contributed by atoms with Crippen molar-refractivity contribution in [3.63, 3.8) is 0 Å². The number of aromatic hydroxyl groups is 1. The maximum atomic E-state index is 10.4. The van der Waals surface area contributed by atoms with Crippen LogP contribution in [0.3, 0.4) is 0 Å². The van der Waals surface area contributed by atoms with Gasteiger partial charge in [-0.1, -0.05) is 11.6 Å². The van der Waals surface area contributed by atoms with E-state index < -0.39 is 0 Å². The molecule has 0 spiro atoms. The van der Waals surface area contributed by atoms with Crippen molar-refractivity contribution in [3.8, 4) is 17.2 Å². The lowest BCUT2D eigenvalue weighted by molar-refractivity contribution is -0.401. The Bertz CT molecular complexity index is 929. The zero-order valence-corrected chi connectivity index (χ0v) is 16.4. The van der Waals surface area contributed by atoms with E-state index in [2.05, 4.69) is 18.4 Å². The average molecular weight is 373 g/mol. The molecule has 1 N–H and O–H groups in total. The van der Waals surface area contributed by atoms with Crippen LogP contribution in [0, 0.1) is 0 Å². The van der Waals surface area contributed by atoms with Gasteiger partial charge in [0, 0.05) is 34.9 Å². The fourth-order valence-corrected chi connectivity index (χ4v) is 3.68. The number of allylic oxidation sites excluding steroid dienone is 1. The summed E-state index contributed by atoms with van der Waals surface area (Å²) in [4.78, 5) is 0. The Morgan fingerprint density at radius 2 is 1.81 bits per heavy atom. The summed E-state index contributed by atoms with van der Waals surface area (Å²) in [6.07, 6.45) is 3.88. The Morgan fingerprint density at radius 1 is 1.08 bits per heavy atom. The number of phenolic OH excluding ortho intramolecular Hbond substituents is 1. The number of nitrogens with zero attached hydrogens (tertiary/aromatic N) is 1. The van der Waals surface area contributed by atoms with Crippen LogP contribution in [0.15, 0.2) is 36.4 Å². The second kappa shape index (κ2) is 6.69. The van der Waals surface area contributed by atoms with Gasteiger partial charge < -0.3 is 14.6 Å². The Labute approximate surface area is 159 Å². The molecule has 0 bridgehead atoms. The van der Waals surface area contributed by atoms with Gasteiger partial charge in [0.15, 0.2) is 5.71 Å². The normalized spacial score (nSPS) is 15.5. The van der Waals surface area contributed by atoms with Crippen molar-refractivity contribution >= 4 is 29.1 Å². The molecule has 2 aromatic carbocycles. The van der Waals surface area contributed by atoms with Crippen LogP contribution >= 0.6 is 11.6 Å². The fraction of sp³-hybridized carbons (Fsp3) is 0.286. The van der Waals surface area contributed by atoms with Gasteiger partial charge in [0.25, 0.3) is 0 Å². The highest BCUT2D eigenvalue weighted by Gasteiger charge is 2.43. The summed E-state index contributed by atoms with van der Waals surface area (Å²) in [5.74, 6) is 1.21. The molecule has 136 valence electrons. The van der Waals surface area contributed by atoms with Gasteiger partial charge in [0.1, 0.15) is 24.3 Å². The molecule has 1 heterocycles. The van der Waals surface area contributed by atoms with Gasteiger partial charge in [-0.25, -0.2) is 0 Å². The van der Waals surface area contributed by atoms with Crippen molar-refractivity contribution in [2.24, 2.45) is 0 Å². The Balaban J connectivity index is 2.06. The number of phenols is 1. The molecule has 0 radical (unpaired) electrons. The van der Waals surface area contributed by atoms with E-state index in [1.54, 1.807) is 26.4 Å². The van der Waals surface area contributed by atoms with Crippen molar-refractivity contribution in [1.29, 1.82) is 0 Å². The molecule has 0 atom stereocenters. The highest BCUT2D eigenvalue weighted by molar-refractivity contribution is 6.30. The van der Waals surface area contributed by atoms with Gasteiger partial charge in [0.2, 0.25) is 5.69 Å². The third kappa shape index (κ3) is 2.95. The lowest BCUT2D eigenvalue weighted by atomic mass is 9.81. The summed E-state index contributed by atoms with van der Waals surface area (Å²) in [6, 6.07) is 9.27. The van der Waals surface area contributed by atoms with Crippen LogP contribution < -0.4 is 9.47 Å². The number of fused-ring (bicyclic) bond motifs is 1. The van der Waals surface area contributed by atoms with E-state index >= 15 is 0 Å². The van der Waals surface area contributed by atoms with Crippen molar-refractivity contribution in [2.75, 3.05) is 21.3 Å². The van der Waals surface area contributed by atoms with Crippen LogP contribution in [0.4, 0.5) is 5.69 Å². The number of hydrogen-bond donors (Lipinski definition) is 1. The number of benzene rings is 2. The quantitative estimate of drug-likeness (QED) is 0.785. The predicted molar refractivity (Wildman–Crippen MR) is 106 cm³/mol. The van der Waals surface area contributed by atoms with E-state index in [4.69, 9.17) is 21.1 Å². The topological polar surface area (TPSA) is 41.7 Å². The lowest BCUT2D eigenvalue weighted by Crippen LogP contribution is -2.26. The molecule has 0 aromatic heterocycles. The second-order valence-corrected chi connectivity index (χ2v) is 7.26. The molecule has 0 unspecified atom stereocenters. The van der Waals surface area contributed by atoms with E-state index in [1.807, 2.05) is 37.4 Å². The van der Waals surface area contributed by atoms with Crippen LogP contribution in [0.5, 0.6) is 17.2 Å². The first kappa shape index (κ1) is 18.3. The molecular weight excluding hydrogens is 350 g/mol. The monoisotopic (exact) mass is 372 g/mol. The minimum atomic E-state index is -0.208. The molecule has 5 heteroatoms. The highest BCUT2D eigenvalue weighted by atomic mass is 35.5. The maximum absolute atomic E-state index is 10.4. The molecule has 4 nitrogen and oxygen atoms in total. The molecule has 3 rings (SSSR count). The summed E-state index contributed by atoms with van der Waals surface area (Å²) in [7, 11) is 5.16. The third-order valence-electron chi connectivity index (χ3n) is 4.95. The van der Waals surface area contributed by atoms with Crippen molar-refractivity contribution in [3.05, 3.63) is 52.6 Å².